The summed E-state index contributed by atoms with van der Waals surface area (Å²) in [4.78, 5) is 88.1. The highest BCUT2D eigenvalue weighted by Crippen LogP contribution is 2.28. The van der Waals surface area contributed by atoms with Crippen LogP contribution in [-0.4, -0.2) is 134 Å². The summed E-state index contributed by atoms with van der Waals surface area (Å²) in [5, 5.41) is 27.2. The summed E-state index contributed by atoms with van der Waals surface area (Å²) in [6.45, 7) is 13.0. The highest BCUT2D eigenvalue weighted by Gasteiger charge is 2.39. The molecule has 19 nitrogen and oxygen atoms in total. The molecule has 1 saturated heterocycles. The fourth-order valence-electron chi connectivity index (χ4n) is 7.47. The number of unbranched alkanes of at least 4 members (excludes halogenated alkanes) is 3. The van der Waals surface area contributed by atoms with E-state index in [4.69, 9.17) is 19.7 Å². The van der Waals surface area contributed by atoms with Gasteiger partial charge in [-0.1, -0.05) is 77.8 Å². The summed E-state index contributed by atoms with van der Waals surface area (Å²) < 4.78 is 17.4. The Hall–Kier alpha value is -4.19. The van der Waals surface area contributed by atoms with Crippen LogP contribution in [-0.2, 0) is 38.2 Å². The van der Waals surface area contributed by atoms with E-state index in [2.05, 4.69) is 43.5 Å². The van der Waals surface area contributed by atoms with Crippen molar-refractivity contribution in [1.29, 1.82) is 0 Å². The second kappa shape index (κ2) is 27.0. The first-order valence-electron chi connectivity index (χ1n) is 22.1. The van der Waals surface area contributed by atoms with E-state index >= 15 is 0 Å². The number of nitrogens with one attached hydrogen (secondary N) is 5. The molecule has 2 fully saturated rings. The largest absolute Gasteiger partial charge is 0.444 e. The number of nitrogens with zero attached hydrogens (tertiary/aromatic N) is 4. The lowest BCUT2D eigenvalue weighted by Gasteiger charge is -2.36. The van der Waals surface area contributed by atoms with Crippen LogP contribution in [0.1, 0.15) is 126 Å². The van der Waals surface area contributed by atoms with Crippen molar-refractivity contribution in [1.82, 2.24) is 31.5 Å². The van der Waals surface area contributed by atoms with Gasteiger partial charge < -0.3 is 50.8 Å². The van der Waals surface area contributed by atoms with Crippen LogP contribution in [0.2, 0.25) is 0 Å². The van der Waals surface area contributed by atoms with Crippen LogP contribution in [0.4, 0.5) is 4.79 Å². The molecule has 61 heavy (non-hydrogen) atoms. The third-order valence-corrected chi connectivity index (χ3v) is 10.8. The molecule has 0 aromatic heterocycles. The number of ether oxygens (including phenoxy) is 3. The first-order chi connectivity index (χ1) is 28.8. The predicted octanol–water partition coefficient (Wildman–Crippen LogP) is 3.62. The molecule has 1 saturated carbocycles. The number of aliphatic hydroxyl groups is 1. The van der Waals surface area contributed by atoms with Crippen molar-refractivity contribution in [3.05, 3.63) is 10.4 Å². The first kappa shape index (κ1) is 52.9. The summed E-state index contributed by atoms with van der Waals surface area (Å²) in [6.07, 6.45) is 5.94. The number of hydrogen-bond acceptors (Lipinski definition) is 11. The number of azide groups is 1. The Morgan fingerprint density at radius 3 is 2.25 bits per heavy atom. The number of amides is 6. The maximum Gasteiger partial charge on any atom is 0.407 e. The summed E-state index contributed by atoms with van der Waals surface area (Å²) in [7, 11) is 1.60. The zero-order chi connectivity index (χ0) is 45.7. The Bertz CT molecular complexity index is 1460. The van der Waals surface area contributed by atoms with Gasteiger partial charge in [-0.2, -0.15) is 0 Å². The Labute approximate surface area is 361 Å². The van der Waals surface area contributed by atoms with E-state index in [0.29, 0.717) is 25.7 Å². The molecule has 0 spiro atoms. The smallest absolute Gasteiger partial charge is 0.407 e. The van der Waals surface area contributed by atoms with Gasteiger partial charge in [-0.05, 0) is 70.7 Å². The average molecular weight is 866 g/mol. The molecule has 2 rings (SSSR count). The second-order valence-electron chi connectivity index (χ2n) is 18.0. The molecule has 348 valence electrons. The van der Waals surface area contributed by atoms with E-state index in [9.17, 15) is 33.9 Å². The molecule has 1 heterocycles. The quantitative estimate of drug-likeness (QED) is 0.0568. The predicted molar refractivity (Wildman–Crippen MR) is 229 cm³/mol. The topological polar surface area (TPSA) is 262 Å². The minimum absolute atomic E-state index is 0.00803. The number of aliphatic hydroxyl groups excluding tert-OH is 1. The molecule has 1 unspecified atom stereocenters. The SMILES string of the molecule is CCCCCC[C@H]1OC[C@@H](C)NC(=O)[C@H](COCC(O)CN=[N+]=[N-])NC(=O)[C@H](CNC(=O)OC(C)(C)C)NC(=O)[C@H](C2CCCCC2)NC(=O)[C@H](CC(C)C)N(C)C(=O)[C@@H]1C. The van der Waals surface area contributed by atoms with E-state index in [1.54, 1.807) is 41.7 Å². The van der Waals surface area contributed by atoms with Crippen molar-refractivity contribution in [3.63, 3.8) is 0 Å². The lowest BCUT2D eigenvalue weighted by atomic mass is 9.83. The van der Waals surface area contributed by atoms with Crippen molar-refractivity contribution in [2.24, 2.45) is 22.9 Å². The van der Waals surface area contributed by atoms with Crippen LogP contribution < -0.4 is 26.6 Å². The van der Waals surface area contributed by atoms with Crippen molar-refractivity contribution >= 4 is 35.6 Å². The molecule has 19 heteroatoms. The normalized spacial score (nSPS) is 26.4. The zero-order valence-electron chi connectivity index (χ0n) is 38.0. The number of hydrogen-bond donors (Lipinski definition) is 6. The standard InChI is InChI=1S/C42H75N9O10/c1-10-11-12-16-19-34-28(5)40(57)51(9)33(20-26(2)3)38(55)49-35(29-17-14-13-15-18-29)39(56)47-31(22-44-41(58)61-42(6,7)8)36(53)48-32(37(54)46-27(4)23-60-34)25-59-24-30(52)21-45-50-43/h26-35,52H,10-25H2,1-9H3,(H,44,58)(H,46,54)(H,47,56)(H,48,53)(H,49,55)/t27-,28-,30?,31+,32+,33+,34-,35+/m1/s1. The second-order valence-corrected chi connectivity index (χ2v) is 18.0. The average Bonchev–Trinajstić information content (AvgIpc) is 3.20. The molecule has 6 N–H and O–H groups in total. The molecular weight excluding hydrogens is 791 g/mol. The fourth-order valence-corrected chi connectivity index (χ4v) is 7.47. The molecule has 2 aliphatic rings. The minimum atomic E-state index is -1.47. The summed E-state index contributed by atoms with van der Waals surface area (Å²) in [5.41, 5.74) is 7.76. The zero-order valence-corrected chi connectivity index (χ0v) is 38.0. The van der Waals surface area contributed by atoms with Crippen LogP contribution >= 0.6 is 0 Å². The summed E-state index contributed by atoms with van der Waals surface area (Å²) >= 11 is 0. The lowest BCUT2D eigenvalue weighted by Crippen LogP contribution is -2.62. The van der Waals surface area contributed by atoms with Crippen molar-refractivity contribution in [3.8, 4) is 0 Å². The van der Waals surface area contributed by atoms with Crippen LogP contribution in [0, 0.1) is 17.8 Å². The van der Waals surface area contributed by atoms with Gasteiger partial charge in [-0.15, -0.1) is 0 Å². The maximum atomic E-state index is 14.5. The van der Waals surface area contributed by atoms with Crippen molar-refractivity contribution < 1.29 is 48.1 Å². The van der Waals surface area contributed by atoms with Gasteiger partial charge in [-0.25, -0.2) is 4.79 Å². The van der Waals surface area contributed by atoms with Crippen LogP contribution in [0.15, 0.2) is 5.11 Å². The van der Waals surface area contributed by atoms with E-state index in [0.717, 1.165) is 44.9 Å². The minimum Gasteiger partial charge on any atom is -0.444 e. The van der Waals surface area contributed by atoms with Gasteiger partial charge in [0.25, 0.3) is 0 Å². The first-order valence-corrected chi connectivity index (χ1v) is 22.1. The molecule has 0 bridgehead atoms. The Morgan fingerprint density at radius 1 is 0.967 bits per heavy atom. The Kier molecular flexibility index (Phi) is 23.4. The number of carbonyl (C=O) groups is 6. The Morgan fingerprint density at radius 2 is 1.62 bits per heavy atom. The van der Waals surface area contributed by atoms with Gasteiger partial charge in [0.05, 0.1) is 51.0 Å². The van der Waals surface area contributed by atoms with E-state index in [-0.39, 0.29) is 37.5 Å². The van der Waals surface area contributed by atoms with Gasteiger partial charge in [0.15, 0.2) is 0 Å². The van der Waals surface area contributed by atoms with E-state index in [1.807, 2.05) is 13.8 Å². The number of likely N-dealkylation sites (N-methyl/N-ethyl adjacent to an activating group) is 1. The number of rotatable bonds is 16. The number of carbonyl (C=O) groups excluding carboxylic acids is 6. The molecule has 0 radical (unpaired) electrons. The molecular formula is C42H75N9O10. The van der Waals surface area contributed by atoms with Crippen molar-refractivity contribution in [2.45, 2.75) is 174 Å². The van der Waals surface area contributed by atoms with Crippen LogP contribution in [0.3, 0.4) is 0 Å². The number of alkyl carbamates (subject to hydrolysis) is 1. The lowest BCUT2D eigenvalue weighted by molar-refractivity contribution is -0.147. The monoisotopic (exact) mass is 866 g/mol. The molecule has 6 amide bonds. The highest BCUT2D eigenvalue weighted by molar-refractivity contribution is 5.96. The van der Waals surface area contributed by atoms with E-state index in [1.165, 1.54) is 4.90 Å². The third-order valence-electron chi connectivity index (χ3n) is 10.8. The summed E-state index contributed by atoms with van der Waals surface area (Å²) in [6, 6.07) is -5.50. The van der Waals surface area contributed by atoms with Gasteiger partial charge in [0.1, 0.15) is 29.8 Å². The molecule has 0 aromatic carbocycles. The van der Waals surface area contributed by atoms with Gasteiger partial charge in [0.2, 0.25) is 29.5 Å². The van der Waals surface area contributed by atoms with Crippen LogP contribution in [0.25, 0.3) is 10.4 Å². The highest BCUT2D eigenvalue weighted by atomic mass is 16.6. The summed E-state index contributed by atoms with van der Waals surface area (Å²) in [5.74, 6) is -3.95. The van der Waals surface area contributed by atoms with Gasteiger partial charge in [-0.3, -0.25) is 24.0 Å². The molecule has 0 aromatic rings. The maximum absolute atomic E-state index is 14.5. The fraction of sp³-hybridized carbons (Fsp3) is 0.857. The molecule has 8 atom stereocenters. The molecule has 1 aliphatic carbocycles. The van der Waals surface area contributed by atoms with Gasteiger partial charge in [0, 0.05) is 18.0 Å². The van der Waals surface area contributed by atoms with E-state index < -0.39 is 96.8 Å². The molecule has 1 aliphatic heterocycles. The van der Waals surface area contributed by atoms with Gasteiger partial charge >= 0.3 is 6.09 Å². The Balaban J connectivity index is 2.66. The van der Waals surface area contributed by atoms with Crippen LogP contribution in [0.5, 0.6) is 0 Å². The van der Waals surface area contributed by atoms with Crippen molar-refractivity contribution in [2.75, 3.05) is 40.0 Å². The third kappa shape index (κ3) is 19.6.